The lowest BCUT2D eigenvalue weighted by Crippen LogP contribution is -2.29. The van der Waals surface area contributed by atoms with Gasteiger partial charge in [0.15, 0.2) is 0 Å². The lowest BCUT2D eigenvalue weighted by molar-refractivity contribution is 0.298. The van der Waals surface area contributed by atoms with Crippen molar-refractivity contribution >= 4 is 15.7 Å². The van der Waals surface area contributed by atoms with E-state index < -0.39 is 7.32 Å². The van der Waals surface area contributed by atoms with E-state index in [1.807, 2.05) is 36.4 Å². The average Bonchev–Trinajstić information content (AvgIpc) is 2.31. The Morgan fingerprint density at radius 1 is 0.722 bits per heavy atom. The summed E-state index contributed by atoms with van der Waals surface area (Å²) >= 11 is 0. The van der Waals surface area contributed by atoms with E-state index in [2.05, 4.69) is 0 Å². The molecule has 0 aliphatic heterocycles. The molecule has 0 saturated heterocycles. The van der Waals surface area contributed by atoms with Gasteiger partial charge >= 0.3 is 7.32 Å². The molecule has 0 radical (unpaired) electrons. The zero-order valence-corrected chi connectivity index (χ0v) is 9.32. The van der Waals surface area contributed by atoms with Crippen LogP contribution in [0, 0.1) is 0 Å². The molecule has 6 heteroatoms. The number of hydrogen-bond acceptors (Lipinski definition) is 4. The predicted molar refractivity (Wildman–Crippen MR) is 77.1 cm³/mol. The van der Waals surface area contributed by atoms with Gasteiger partial charge < -0.3 is 20.5 Å². The number of para-hydroxylation sites is 2. The Morgan fingerprint density at radius 3 is 1.39 bits per heavy atom. The molecule has 0 saturated carbocycles. The topological polar surface area (TPSA) is 73.7 Å². The van der Waals surface area contributed by atoms with Gasteiger partial charge in [-0.1, -0.05) is 36.4 Å². The minimum atomic E-state index is -1.30. The molecule has 2 aromatic carbocycles. The van der Waals surface area contributed by atoms with Gasteiger partial charge in [0.05, 0.1) is 8.41 Å². The summed E-state index contributed by atoms with van der Waals surface area (Å²) in [4.78, 5) is 0. The summed E-state index contributed by atoms with van der Waals surface area (Å²) in [6, 6.07) is 18.0. The first kappa shape index (κ1) is 16.1. The minimum absolute atomic E-state index is 0. The maximum absolute atomic E-state index is 9.51. The standard InChI is InChI=1S/C12H11BO3.BH3.H3N/c14-13(15-11-7-3-1-4-8-11)16-12-9-5-2-6-10-12;;/h1-10,14H;2*1H3. The van der Waals surface area contributed by atoms with E-state index in [1.165, 1.54) is 0 Å². The van der Waals surface area contributed by atoms with Crippen LogP contribution in [0.3, 0.4) is 0 Å². The van der Waals surface area contributed by atoms with Crippen molar-refractivity contribution < 1.29 is 14.3 Å². The third-order valence-corrected chi connectivity index (χ3v) is 1.96. The molecule has 0 aromatic heterocycles. The van der Waals surface area contributed by atoms with Crippen molar-refractivity contribution in [2.45, 2.75) is 0 Å². The Balaban J connectivity index is 0.00000144. The summed E-state index contributed by atoms with van der Waals surface area (Å²) in [7, 11) is -1.30. The van der Waals surface area contributed by atoms with Crippen molar-refractivity contribution in [1.29, 1.82) is 0 Å². The highest BCUT2D eigenvalue weighted by atomic mass is 16.7. The van der Waals surface area contributed by atoms with Gasteiger partial charge in [0.25, 0.3) is 0 Å². The lowest BCUT2D eigenvalue weighted by Gasteiger charge is -2.10. The second kappa shape index (κ2) is 8.22. The van der Waals surface area contributed by atoms with Gasteiger partial charge in [-0.15, -0.1) is 0 Å². The van der Waals surface area contributed by atoms with Crippen molar-refractivity contribution in [2.75, 3.05) is 0 Å². The smallest absolute Gasteiger partial charge is 0.501 e. The van der Waals surface area contributed by atoms with Gasteiger partial charge in [-0.05, 0) is 24.3 Å². The summed E-state index contributed by atoms with van der Waals surface area (Å²) in [5.41, 5.74) is 0. The fraction of sp³-hybridized carbons (Fsp3) is 0. The molecule has 0 aliphatic rings. The van der Waals surface area contributed by atoms with Crippen LogP contribution in [-0.2, 0) is 0 Å². The Labute approximate surface area is 109 Å². The first-order chi connectivity index (χ1) is 7.84. The molecule has 94 valence electrons. The van der Waals surface area contributed by atoms with Crippen molar-refractivity contribution in [3.8, 4) is 11.5 Å². The molecule has 4 nitrogen and oxygen atoms in total. The summed E-state index contributed by atoms with van der Waals surface area (Å²) in [5, 5.41) is 9.51. The van der Waals surface area contributed by atoms with Gasteiger partial charge in [0, 0.05) is 0 Å². The van der Waals surface area contributed by atoms with Crippen LogP contribution in [0.1, 0.15) is 0 Å². The van der Waals surface area contributed by atoms with Crippen LogP contribution >= 0.6 is 0 Å². The summed E-state index contributed by atoms with van der Waals surface area (Å²) in [6.07, 6.45) is 0. The second-order valence-corrected chi connectivity index (χ2v) is 3.17. The lowest BCUT2D eigenvalue weighted by atomic mass is 10.2. The number of hydrogen-bond donors (Lipinski definition) is 2. The number of benzene rings is 2. The van der Waals surface area contributed by atoms with Crippen molar-refractivity contribution in [1.82, 2.24) is 6.15 Å². The summed E-state index contributed by atoms with van der Waals surface area (Å²) in [5.74, 6) is 1.12. The second-order valence-electron chi connectivity index (χ2n) is 3.17. The van der Waals surface area contributed by atoms with Gasteiger partial charge in [0.2, 0.25) is 0 Å². The monoisotopic (exact) mass is 245 g/mol. The predicted octanol–water partition coefficient (Wildman–Crippen LogP) is 1.10. The highest BCUT2D eigenvalue weighted by molar-refractivity contribution is 6.36. The molecule has 0 aliphatic carbocycles. The molecule has 0 atom stereocenters. The Kier molecular flexibility index (Phi) is 7.35. The third kappa shape index (κ3) is 4.95. The van der Waals surface area contributed by atoms with E-state index in [0.29, 0.717) is 11.5 Å². The Morgan fingerprint density at radius 2 is 1.06 bits per heavy atom. The maximum Gasteiger partial charge on any atom is 0.785 e. The van der Waals surface area contributed by atoms with E-state index in [9.17, 15) is 5.02 Å². The zero-order valence-electron chi connectivity index (χ0n) is 9.32. The summed E-state index contributed by atoms with van der Waals surface area (Å²) < 4.78 is 10.3. The molecular weight excluding hydrogens is 228 g/mol. The Hall–Kier alpha value is -1.91. The van der Waals surface area contributed by atoms with E-state index in [-0.39, 0.29) is 14.6 Å². The minimum Gasteiger partial charge on any atom is -0.501 e. The maximum atomic E-state index is 9.51. The van der Waals surface area contributed by atoms with Crippen LogP contribution in [0.2, 0.25) is 0 Å². The van der Waals surface area contributed by atoms with Gasteiger partial charge in [-0.25, -0.2) is 0 Å². The van der Waals surface area contributed by atoms with Crippen LogP contribution in [0.5, 0.6) is 11.5 Å². The first-order valence-electron chi connectivity index (χ1n) is 4.96. The molecule has 4 N–H and O–H groups in total. The molecule has 2 rings (SSSR count). The molecule has 0 unspecified atom stereocenters. The SMILES string of the molecule is B.N.OB(Oc1ccccc1)Oc1ccccc1. The highest BCUT2D eigenvalue weighted by Crippen LogP contribution is 2.12. The molecule has 0 amide bonds. The van der Waals surface area contributed by atoms with E-state index >= 15 is 0 Å². The molecule has 0 bridgehead atoms. The molecule has 0 spiro atoms. The molecule has 0 heterocycles. The van der Waals surface area contributed by atoms with E-state index in [4.69, 9.17) is 9.31 Å². The Bertz CT molecular complexity index is 386. The van der Waals surface area contributed by atoms with Crippen molar-refractivity contribution in [2.24, 2.45) is 0 Å². The zero-order chi connectivity index (χ0) is 11.2. The fourth-order valence-electron chi connectivity index (χ4n) is 1.26. The highest BCUT2D eigenvalue weighted by Gasteiger charge is 2.20. The first-order valence-corrected chi connectivity index (χ1v) is 4.96. The fourth-order valence-corrected chi connectivity index (χ4v) is 1.26. The normalized spacial score (nSPS) is 8.50. The van der Waals surface area contributed by atoms with Crippen molar-refractivity contribution in [3.63, 3.8) is 0 Å². The van der Waals surface area contributed by atoms with E-state index in [1.54, 1.807) is 24.3 Å². The third-order valence-electron chi connectivity index (χ3n) is 1.96. The van der Waals surface area contributed by atoms with E-state index in [0.717, 1.165) is 0 Å². The quantitative estimate of drug-likeness (QED) is 0.791. The molecule has 2 aromatic rings. The molecule has 18 heavy (non-hydrogen) atoms. The van der Waals surface area contributed by atoms with Crippen LogP contribution in [0.25, 0.3) is 0 Å². The molecular formula is C12H17B2NO3. The molecule has 0 fully saturated rings. The van der Waals surface area contributed by atoms with Crippen LogP contribution in [0.4, 0.5) is 0 Å². The van der Waals surface area contributed by atoms with Crippen molar-refractivity contribution in [3.05, 3.63) is 60.7 Å². The van der Waals surface area contributed by atoms with Crippen LogP contribution < -0.4 is 15.5 Å². The van der Waals surface area contributed by atoms with Gasteiger partial charge in [-0.2, -0.15) is 0 Å². The summed E-state index contributed by atoms with van der Waals surface area (Å²) in [6.45, 7) is 0. The van der Waals surface area contributed by atoms with Gasteiger partial charge in [-0.3, -0.25) is 0 Å². The average molecular weight is 245 g/mol. The number of rotatable bonds is 4. The van der Waals surface area contributed by atoms with Crippen LogP contribution in [0.15, 0.2) is 60.7 Å². The van der Waals surface area contributed by atoms with Gasteiger partial charge in [0.1, 0.15) is 11.5 Å². The largest absolute Gasteiger partial charge is 0.785 e. The van der Waals surface area contributed by atoms with Crippen LogP contribution in [-0.4, -0.2) is 20.8 Å².